The van der Waals surface area contributed by atoms with E-state index in [2.05, 4.69) is 15.5 Å². The van der Waals surface area contributed by atoms with Gasteiger partial charge in [-0.1, -0.05) is 23.4 Å². The molecule has 0 atom stereocenters. The molecule has 3 rings (SSSR count). The van der Waals surface area contributed by atoms with Crippen molar-refractivity contribution in [3.63, 3.8) is 0 Å². The van der Waals surface area contributed by atoms with Gasteiger partial charge in [-0.2, -0.15) is 4.68 Å². The molecule has 0 spiro atoms. The van der Waals surface area contributed by atoms with Crippen LogP contribution in [0.2, 0.25) is 5.02 Å². The van der Waals surface area contributed by atoms with Crippen LogP contribution in [0.5, 0.6) is 11.5 Å². The molecule has 0 radical (unpaired) electrons. The first-order valence-corrected chi connectivity index (χ1v) is 9.06. The molecule has 0 fully saturated rings. The number of benzene rings is 2. The fraction of sp³-hybridized carbons (Fsp3) is 0.235. The lowest BCUT2D eigenvalue weighted by molar-refractivity contribution is 0.318. The summed E-state index contributed by atoms with van der Waals surface area (Å²) in [5.41, 5.74) is 0.881. The summed E-state index contributed by atoms with van der Waals surface area (Å²) in [7, 11) is 1.64. The maximum Gasteiger partial charge on any atom is 0.214 e. The van der Waals surface area contributed by atoms with E-state index in [1.807, 2.05) is 48.5 Å². The number of halogens is 1. The number of methoxy groups -OCH3 is 1. The van der Waals surface area contributed by atoms with Crippen molar-refractivity contribution in [2.24, 2.45) is 0 Å². The summed E-state index contributed by atoms with van der Waals surface area (Å²) >= 11 is 7.50. The van der Waals surface area contributed by atoms with Crippen molar-refractivity contribution in [2.45, 2.75) is 11.6 Å². The van der Waals surface area contributed by atoms with Gasteiger partial charge in [-0.3, -0.25) is 0 Å². The zero-order valence-electron chi connectivity index (χ0n) is 13.6. The third-order valence-corrected chi connectivity index (χ3v) is 4.62. The first-order valence-electron chi connectivity index (χ1n) is 7.70. The van der Waals surface area contributed by atoms with Gasteiger partial charge in [0.15, 0.2) is 0 Å². The van der Waals surface area contributed by atoms with Gasteiger partial charge in [0.1, 0.15) is 11.5 Å². The van der Waals surface area contributed by atoms with Gasteiger partial charge < -0.3 is 9.47 Å². The molecule has 1 heterocycles. The van der Waals surface area contributed by atoms with Gasteiger partial charge in [-0.05, 0) is 65.4 Å². The maximum absolute atomic E-state index is 5.91. The number of tetrazole rings is 1. The van der Waals surface area contributed by atoms with Gasteiger partial charge in [0.25, 0.3) is 0 Å². The summed E-state index contributed by atoms with van der Waals surface area (Å²) in [5, 5.41) is 13.3. The van der Waals surface area contributed by atoms with Crippen LogP contribution in [0.3, 0.4) is 0 Å². The highest BCUT2D eigenvalue weighted by Crippen LogP contribution is 2.21. The predicted molar refractivity (Wildman–Crippen MR) is 98.0 cm³/mol. The fourth-order valence-electron chi connectivity index (χ4n) is 2.10. The highest BCUT2D eigenvalue weighted by atomic mass is 35.5. The molecule has 0 amide bonds. The third-order valence-electron chi connectivity index (χ3n) is 3.36. The number of hydrogen-bond acceptors (Lipinski definition) is 6. The van der Waals surface area contributed by atoms with E-state index in [-0.39, 0.29) is 0 Å². The zero-order chi connectivity index (χ0) is 17.5. The Hall–Kier alpha value is -2.25. The van der Waals surface area contributed by atoms with Crippen molar-refractivity contribution in [2.75, 3.05) is 19.5 Å². The summed E-state index contributed by atoms with van der Waals surface area (Å²) in [5.74, 6) is 2.50. The second-order valence-corrected chi connectivity index (χ2v) is 6.57. The molecule has 0 aliphatic rings. The van der Waals surface area contributed by atoms with Gasteiger partial charge >= 0.3 is 0 Å². The molecule has 0 bridgehead atoms. The second kappa shape index (κ2) is 8.73. The highest BCUT2D eigenvalue weighted by molar-refractivity contribution is 7.99. The topological polar surface area (TPSA) is 62.1 Å². The van der Waals surface area contributed by atoms with Crippen molar-refractivity contribution in [1.29, 1.82) is 0 Å². The van der Waals surface area contributed by atoms with E-state index in [0.29, 0.717) is 11.6 Å². The van der Waals surface area contributed by atoms with Crippen molar-refractivity contribution in [3.8, 4) is 17.2 Å². The molecule has 1 aromatic heterocycles. The van der Waals surface area contributed by atoms with Crippen molar-refractivity contribution >= 4 is 23.4 Å². The molecule has 6 nitrogen and oxygen atoms in total. The smallest absolute Gasteiger partial charge is 0.214 e. The van der Waals surface area contributed by atoms with Crippen LogP contribution in [0.15, 0.2) is 53.7 Å². The molecular weight excluding hydrogens is 360 g/mol. The lowest BCUT2D eigenvalue weighted by Crippen LogP contribution is -2.01. The summed E-state index contributed by atoms with van der Waals surface area (Å²) < 4.78 is 12.5. The first-order chi connectivity index (χ1) is 12.3. The normalized spacial score (nSPS) is 10.6. The molecule has 2 aromatic carbocycles. The van der Waals surface area contributed by atoms with Crippen LogP contribution < -0.4 is 9.47 Å². The van der Waals surface area contributed by atoms with Crippen molar-refractivity contribution in [1.82, 2.24) is 20.2 Å². The SMILES string of the molecule is COc1ccc(OCCCSc2nnnn2-c2ccc(Cl)cc2)cc1. The minimum Gasteiger partial charge on any atom is -0.497 e. The monoisotopic (exact) mass is 376 g/mol. The van der Waals surface area contributed by atoms with Crippen LogP contribution in [0, 0.1) is 0 Å². The largest absolute Gasteiger partial charge is 0.497 e. The van der Waals surface area contributed by atoms with Gasteiger partial charge in [0, 0.05) is 10.8 Å². The molecule has 130 valence electrons. The van der Waals surface area contributed by atoms with Crippen molar-refractivity contribution < 1.29 is 9.47 Å². The van der Waals surface area contributed by atoms with Crippen LogP contribution in [0.25, 0.3) is 5.69 Å². The summed E-state index contributed by atoms with van der Waals surface area (Å²) in [6.45, 7) is 0.627. The quantitative estimate of drug-likeness (QED) is 0.439. The molecule has 25 heavy (non-hydrogen) atoms. The van der Waals surface area contributed by atoms with Crippen LogP contribution >= 0.6 is 23.4 Å². The molecule has 0 aliphatic carbocycles. The molecule has 0 aliphatic heterocycles. The Balaban J connectivity index is 1.46. The molecule has 0 saturated heterocycles. The summed E-state index contributed by atoms with van der Waals surface area (Å²) in [6.07, 6.45) is 0.879. The Morgan fingerprint density at radius 3 is 2.48 bits per heavy atom. The van der Waals surface area contributed by atoms with Crippen LogP contribution in [-0.2, 0) is 0 Å². The maximum atomic E-state index is 5.91. The molecule has 0 N–H and O–H groups in total. The molecular formula is C17H17ClN4O2S. The number of nitrogens with zero attached hydrogens (tertiary/aromatic N) is 4. The van der Waals surface area contributed by atoms with E-state index in [4.69, 9.17) is 21.1 Å². The van der Waals surface area contributed by atoms with Gasteiger partial charge in [0.05, 0.1) is 19.4 Å². The summed E-state index contributed by atoms with van der Waals surface area (Å²) in [6, 6.07) is 14.9. The number of thioether (sulfide) groups is 1. The first kappa shape index (κ1) is 17.6. The van der Waals surface area contributed by atoms with Gasteiger partial charge in [-0.25, -0.2) is 0 Å². The lowest BCUT2D eigenvalue weighted by atomic mass is 10.3. The van der Waals surface area contributed by atoms with E-state index in [1.54, 1.807) is 23.6 Å². The molecule has 0 saturated carbocycles. The standard InChI is InChI=1S/C17H17ClN4O2S/c1-23-15-7-9-16(10-8-15)24-11-2-12-25-17-19-20-21-22(17)14-5-3-13(18)4-6-14/h3-10H,2,11-12H2,1H3. The zero-order valence-corrected chi connectivity index (χ0v) is 15.2. The average Bonchev–Trinajstić information content (AvgIpc) is 3.11. The lowest BCUT2D eigenvalue weighted by Gasteiger charge is -2.07. The van der Waals surface area contributed by atoms with Crippen LogP contribution in [0.4, 0.5) is 0 Å². The number of ether oxygens (including phenoxy) is 2. The second-order valence-electron chi connectivity index (χ2n) is 5.08. The highest BCUT2D eigenvalue weighted by Gasteiger charge is 2.08. The molecule has 8 heteroatoms. The van der Waals surface area contributed by atoms with Crippen LogP contribution in [-0.4, -0.2) is 39.7 Å². The average molecular weight is 377 g/mol. The van der Waals surface area contributed by atoms with Crippen molar-refractivity contribution in [3.05, 3.63) is 53.6 Å². The number of rotatable bonds is 8. The van der Waals surface area contributed by atoms with E-state index in [0.717, 1.165) is 34.5 Å². The van der Waals surface area contributed by atoms with E-state index < -0.39 is 0 Å². The Labute approximate surface area is 155 Å². The van der Waals surface area contributed by atoms with E-state index >= 15 is 0 Å². The third kappa shape index (κ3) is 4.87. The minimum absolute atomic E-state index is 0.627. The fourth-order valence-corrected chi connectivity index (χ4v) is 3.03. The van der Waals surface area contributed by atoms with Crippen LogP contribution in [0.1, 0.15) is 6.42 Å². The van der Waals surface area contributed by atoms with E-state index in [1.165, 1.54) is 0 Å². The minimum atomic E-state index is 0.627. The van der Waals surface area contributed by atoms with E-state index in [9.17, 15) is 0 Å². The number of aromatic nitrogens is 4. The number of hydrogen-bond donors (Lipinski definition) is 0. The Morgan fingerprint density at radius 2 is 1.76 bits per heavy atom. The Bertz CT molecular complexity index is 793. The Morgan fingerprint density at radius 1 is 1.04 bits per heavy atom. The van der Waals surface area contributed by atoms with Gasteiger partial charge in [0.2, 0.25) is 5.16 Å². The molecule has 3 aromatic rings. The Kier molecular flexibility index (Phi) is 6.14. The molecule has 0 unspecified atom stereocenters. The van der Waals surface area contributed by atoms with Gasteiger partial charge in [-0.15, -0.1) is 5.10 Å². The summed E-state index contributed by atoms with van der Waals surface area (Å²) in [4.78, 5) is 0. The predicted octanol–water partition coefficient (Wildman–Crippen LogP) is 3.89.